The maximum absolute atomic E-state index is 12.5. The lowest BCUT2D eigenvalue weighted by molar-refractivity contribution is -0.134. The van der Waals surface area contributed by atoms with Crippen molar-refractivity contribution in [1.82, 2.24) is 15.2 Å². The molecular formula is C22H29N5O2. The van der Waals surface area contributed by atoms with Crippen molar-refractivity contribution in [3.05, 3.63) is 22.9 Å². The van der Waals surface area contributed by atoms with Gasteiger partial charge in [-0.25, -0.2) is 4.98 Å². The Balaban J connectivity index is 1.42. The van der Waals surface area contributed by atoms with Gasteiger partial charge >= 0.3 is 0 Å². The number of carbonyl (C=O) groups excluding carboxylic acids is 1. The Hall–Kier alpha value is -2.17. The second-order valence-electron chi connectivity index (χ2n) is 8.88. The molecule has 4 aliphatic rings. The molecule has 2 aliphatic heterocycles. The van der Waals surface area contributed by atoms with Crippen molar-refractivity contribution in [2.75, 3.05) is 44.2 Å². The van der Waals surface area contributed by atoms with Gasteiger partial charge in [0.25, 0.3) is 0 Å². The quantitative estimate of drug-likeness (QED) is 0.839. The smallest absolute Gasteiger partial charge is 0.226 e. The largest absolute Gasteiger partial charge is 0.371 e. The number of carbonyl (C=O) groups is 1. The molecule has 3 heterocycles. The first kappa shape index (κ1) is 18.8. The van der Waals surface area contributed by atoms with E-state index in [2.05, 4.69) is 23.2 Å². The van der Waals surface area contributed by atoms with Crippen molar-refractivity contribution in [2.24, 2.45) is 5.92 Å². The highest BCUT2D eigenvalue weighted by Gasteiger charge is 2.38. The first-order valence-corrected chi connectivity index (χ1v) is 11.0. The Morgan fingerprint density at radius 1 is 1.31 bits per heavy atom. The molecule has 2 saturated carbocycles. The Kier molecular flexibility index (Phi) is 4.92. The molecule has 0 spiro atoms. The molecule has 7 heteroatoms. The Bertz CT molecular complexity index is 836. The van der Waals surface area contributed by atoms with Crippen LogP contribution in [0.15, 0.2) is 6.07 Å². The number of hydrogen-bond donors (Lipinski definition) is 1. The van der Waals surface area contributed by atoms with E-state index in [4.69, 9.17) is 9.72 Å². The van der Waals surface area contributed by atoms with Gasteiger partial charge in [-0.1, -0.05) is 0 Å². The summed E-state index contributed by atoms with van der Waals surface area (Å²) in [5.74, 6) is 1.83. The van der Waals surface area contributed by atoms with Gasteiger partial charge in [-0.3, -0.25) is 4.79 Å². The van der Waals surface area contributed by atoms with Crippen molar-refractivity contribution in [3.8, 4) is 6.07 Å². The molecule has 2 aliphatic carbocycles. The molecule has 2 unspecified atom stereocenters. The first-order chi connectivity index (χ1) is 14.2. The average Bonchev–Trinajstić information content (AvgIpc) is 3.65. The van der Waals surface area contributed by atoms with Crippen LogP contribution in [-0.2, 0) is 9.53 Å². The third-order valence-corrected chi connectivity index (χ3v) is 6.56. The number of morpholine rings is 1. The van der Waals surface area contributed by atoms with Crippen molar-refractivity contribution in [3.63, 3.8) is 0 Å². The number of aromatic nitrogens is 1. The first-order valence-electron chi connectivity index (χ1n) is 11.0. The van der Waals surface area contributed by atoms with Gasteiger partial charge in [0.15, 0.2) is 0 Å². The van der Waals surface area contributed by atoms with Gasteiger partial charge in [-0.15, -0.1) is 0 Å². The fourth-order valence-corrected chi connectivity index (χ4v) is 4.61. The highest BCUT2D eigenvalue weighted by Crippen LogP contribution is 2.44. The number of amides is 1. The zero-order chi connectivity index (χ0) is 20.0. The number of piperazine rings is 1. The fraction of sp³-hybridized carbons (Fsp3) is 0.682. The highest BCUT2D eigenvalue weighted by molar-refractivity contribution is 5.81. The van der Waals surface area contributed by atoms with E-state index >= 15 is 0 Å². The summed E-state index contributed by atoms with van der Waals surface area (Å²) in [7, 11) is 0. The van der Waals surface area contributed by atoms with Crippen molar-refractivity contribution in [1.29, 1.82) is 5.26 Å². The van der Waals surface area contributed by atoms with Gasteiger partial charge in [0.05, 0.1) is 24.0 Å². The summed E-state index contributed by atoms with van der Waals surface area (Å²) in [5.41, 5.74) is 2.81. The Morgan fingerprint density at radius 3 is 2.76 bits per heavy atom. The molecule has 1 aromatic rings. The summed E-state index contributed by atoms with van der Waals surface area (Å²) in [6, 6.07) is 4.53. The van der Waals surface area contributed by atoms with Crippen LogP contribution in [0.3, 0.4) is 0 Å². The SMILES string of the molecule is CC1CN(c2nc(C3CC3)c(C3CNCCO3)cc2C#N)CCN1C(=O)C1CC1. The van der Waals surface area contributed by atoms with E-state index in [1.54, 1.807) is 0 Å². The predicted molar refractivity (Wildman–Crippen MR) is 109 cm³/mol. The lowest BCUT2D eigenvalue weighted by Gasteiger charge is -2.41. The molecule has 29 heavy (non-hydrogen) atoms. The van der Waals surface area contributed by atoms with E-state index in [-0.39, 0.29) is 18.1 Å². The minimum absolute atomic E-state index is 0.0278. The van der Waals surface area contributed by atoms with Gasteiger partial charge in [-0.2, -0.15) is 5.26 Å². The number of nitrogens with zero attached hydrogens (tertiary/aromatic N) is 4. The average molecular weight is 396 g/mol. The summed E-state index contributed by atoms with van der Waals surface area (Å²) < 4.78 is 5.98. The fourth-order valence-electron chi connectivity index (χ4n) is 4.61. The summed E-state index contributed by atoms with van der Waals surface area (Å²) in [6.07, 6.45) is 4.36. The van der Waals surface area contributed by atoms with E-state index in [1.165, 1.54) is 0 Å². The van der Waals surface area contributed by atoms with E-state index in [0.717, 1.165) is 68.9 Å². The number of rotatable bonds is 4. The predicted octanol–water partition coefficient (Wildman–Crippen LogP) is 1.94. The minimum atomic E-state index is -0.0278. The van der Waals surface area contributed by atoms with Crippen LogP contribution in [0.2, 0.25) is 0 Å². The summed E-state index contributed by atoms with van der Waals surface area (Å²) in [5, 5.41) is 13.3. The zero-order valence-electron chi connectivity index (χ0n) is 17.1. The van der Waals surface area contributed by atoms with E-state index in [9.17, 15) is 10.1 Å². The van der Waals surface area contributed by atoms with Crippen LogP contribution >= 0.6 is 0 Å². The molecule has 1 N–H and O–H groups in total. The van der Waals surface area contributed by atoms with Gasteiger partial charge in [0.1, 0.15) is 11.9 Å². The van der Waals surface area contributed by atoms with E-state index < -0.39 is 0 Å². The summed E-state index contributed by atoms with van der Waals surface area (Å²) in [4.78, 5) is 21.8. The van der Waals surface area contributed by atoms with Gasteiger partial charge in [0.2, 0.25) is 5.91 Å². The summed E-state index contributed by atoms with van der Waals surface area (Å²) in [6.45, 7) is 6.60. The van der Waals surface area contributed by atoms with Crippen molar-refractivity contribution < 1.29 is 9.53 Å². The molecule has 4 fully saturated rings. The molecule has 1 amide bonds. The van der Waals surface area contributed by atoms with Crippen LogP contribution in [0, 0.1) is 17.2 Å². The number of nitriles is 1. The second kappa shape index (κ2) is 7.58. The van der Waals surface area contributed by atoms with Crippen LogP contribution in [0.1, 0.15) is 61.4 Å². The number of nitrogens with one attached hydrogen (secondary N) is 1. The lowest BCUT2D eigenvalue weighted by Crippen LogP contribution is -2.55. The standard InChI is InChI=1S/C22H29N5O2/c1-14-13-26(7-8-27(14)22(28)16-4-5-16)21-17(11-23)10-18(19-12-24-6-9-29-19)20(25-21)15-2-3-15/h10,14-16,19,24H,2-9,12-13H2,1H3. The molecule has 5 rings (SSSR count). The molecule has 2 atom stereocenters. The lowest BCUT2D eigenvalue weighted by atomic mass is 10.0. The van der Waals surface area contributed by atoms with Crippen LogP contribution in [0.25, 0.3) is 0 Å². The molecule has 0 aromatic carbocycles. The Labute approximate surface area is 172 Å². The zero-order valence-corrected chi connectivity index (χ0v) is 17.1. The van der Waals surface area contributed by atoms with Crippen LogP contribution < -0.4 is 10.2 Å². The molecule has 0 bridgehead atoms. The molecular weight excluding hydrogens is 366 g/mol. The van der Waals surface area contributed by atoms with Gasteiger partial charge in [-0.05, 0) is 38.7 Å². The number of hydrogen-bond acceptors (Lipinski definition) is 6. The normalized spacial score (nSPS) is 27.6. The van der Waals surface area contributed by atoms with Crippen molar-refractivity contribution >= 4 is 11.7 Å². The van der Waals surface area contributed by atoms with Crippen molar-refractivity contribution in [2.45, 2.75) is 50.7 Å². The maximum atomic E-state index is 12.5. The monoisotopic (exact) mass is 395 g/mol. The Morgan fingerprint density at radius 2 is 2.14 bits per heavy atom. The van der Waals surface area contributed by atoms with Crippen LogP contribution in [-0.4, -0.2) is 61.2 Å². The number of pyridine rings is 1. The molecule has 2 saturated heterocycles. The van der Waals surface area contributed by atoms with E-state index in [0.29, 0.717) is 30.5 Å². The van der Waals surface area contributed by atoms with Gasteiger partial charge < -0.3 is 19.9 Å². The minimum Gasteiger partial charge on any atom is -0.371 e. The van der Waals surface area contributed by atoms with E-state index in [1.807, 2.05) is 11.0 Å². The maximum Gasteiger partial charge on any atom is 0.226 e. The van der Waals surface area contributed by atoms with Crippen LogP contribution in [0.4, 0.5) is 5.82 Å². The van der Waals surface area contributed by atoms with Gasteiger partial charge in [0, 0.05) is 56.2 Å². The molecule has 1 aromatic heterocycles. The third-order valence-electron chi connectivity index (χ3n) is 6.56. The number of anilines is 1. The molecule has 154 valence electrons. The topological polar surface area (TPSA) is 81.5 Å². The van der Waals surface area contributed by atoms with Crippen LogP contribution in [0.5, 0.6) is 0 Å². The second-order valence-corrected chi connectivity index (χ2v) is 8.88. The molecule has 0 radical (unpaired) electrons. The number of ether oxygens (including phenoxy) is 1. The third kappa shape index (κ3) is 3.72. The molecule has 7 nitrogen and oxygen atoms in total. The highest BCUT2D eigenvalue weighted by atomic mass is 16.5. The summed E-state index contributed by atoms with van der Waals surface area (Å²) >= 11 is 0.